The van der Waals surface area contributed by atoms with Gasteiger partial charge >= 0.3 is 0 Å². The van der Waals surface area contributed by atoms with Gasteiger partial charge < -0.3 is 10.6 Å². The Hall–Kier alpha value is -2.21. The number of amides is 1. The van der Waals surface area contributed by atoms with Gasteiger partial charge in [-0.3, -0.25) is 4.79 Å². The van der Waals surface area contributed by atoms with Crippen LogP contribution in [0.15, 0.2) is 36.7 Å². The molecular weight excluding hydrogens is 290 g/mol. The number of benzene rings is 1. The minimum absolute atomic E-state index is 0.112. The van der Waals surface area contributed by atoms with Gasteiger partial charge in [-0.1, -0.05) is 0 Å². The van der Waals surface area contributed by atoms with E-state index < -0.39 is 0 Å². The van der Waals surface area contributed by atoms with Crippen molar-refractivity contribution in [3.63, 3.8) is 0 Å². The van der Waals surface area contributed by atoms with Crippen molar-refractivity contribution in [1.82, 2.24) is 20.3 Å². The molecule has 4 rings (SSSR count). The van der Waals surface area contributed by atoms with Crippen molar-refractivity contribution in [3.8, 4) is 5.69 Å². The Balaban J connectivity index is 1.33. The molecule has 0 saturated carbocycles. The summed E-state index contributed by atoms with van der Waals surface area (Å²) in [5.41, 5.74) is 1.70. The van der Waals surface area contributed by atoms with E-state index >= 15 is 0 Å². The molecule has 2 aliphatic rings. The molecule has 6 heteroatoms. The zero-order valence-corrected chi connectivity index (χ0v) is 13.0. The Morgan fingerprint density at radius 2 is 1.78 bits per heavy atom. The molecule has 2 aromatic rings. The average molecular weight is 311 g/mol. The molecule has 23 heavy (non-hydrogen) atoms. The van der Waals surface area contributed by atoms with Gasteiger partial charge in [0.05, 0.1) is 18.1 Å². The zero-order chi connectivity index (χ0) is 15.6. The van der Waals surface area contributed by atoms with E-state index in [4.69, 9.17) is 0 Å². The summed E-state index contributed by atoms with van der Waals surface area (Å²) >= 11 is 0. The summed E-state index contributed by atoms with van der Waals surface area (Å²) in [5, 5.41) is 14.8. The molecule has 2 unspecified atom stereocenters. The fourth-order valence-electron chi connectivity index (χ4n) is 3.84. The fraction of sp³-hybridized carbons (Fsp3) is 0.471. The molecule has 3 heterocycles. The number of hydrogen-bond donors (Lipinski definition) is 2. The van der Waals surface area contributed by atoms with E-state index in [1.54, 1.807) is 17.2 Å². The smallest absolute Gasteiger partial charge is 0.224 e. The predicted molar refractivity (Wildman–Crippen MR) is 87.3 cm³/mol. The van der Waals surface area contributed by atoms with Crippen LogP contribution in [0.4, 0.5) is 5.69 Å². The third kappa shape index (κ3) is 3.27. The summed E-state index contributed by atoms with van der Waals surface area (Å²) in [6.07, 6.45) is 8.71. The maximum absolute atomic E-state index is 12.3. The van der Waals surface area contributed by atoms with Crippen molar-refractivity contribution in [2.75, 3.05) is 5.32 Å². The van der Waals surface area contributed by atoms with Gasteiger partial charge in [0.1, 0.15) is 0 Å². The first-order valence-corrected chi connectivity index (χ1v) is 8.29. The Bertz CT molecular complexity index is 655. The highest BCUT2D eigenvalue weighted by Crippen LogP contribution is 2.32. The lowest BCUT2D eigenvalue weighted by Gasteiger charge is -2.28. The van der Waals surface area contributed by atoms with E-state index in [0.29, 0.717) is 24.4 Å². The monoisotopic (exact) mass is 311 g/mol. The highest BCUT2D eigenvalue weighted by molar-refractivity contribution is 5.90. The first kappa shape index (κ1) is 14.4. The van der Waals surface area contributed by atoms with Crippen molar-refractivity contribution in [2.45, 2.75) is 44.2 Å². The number of fused-ring (bicyclic) bond motifs is 2. The molecule has 1 aromatic heterocycles. The van der Waals surface area contributed by atoms with Crippen LogP contribution in [0.1, 0.15) is 32.1 Å². The lowest BCUT2D eigenvalue weighted by molar-refractivity contribution is -0.117. The van der Waals surface area contributed by atoms with E-state index in [2.05, 4.69) is 20.8 Å². The number of piperidine rings is 1. The topological polar surface area (TPSA) is 71.8 Å². The van der Waals surface area contributed by atoms with Crippen LogP contribution in [0.5, 0.6) is 0 Å². The number of carbonyl (C=O) groups excluding carboxylic acids is 1. The predicted octanol–water partition coefficient (Wildman–Crippen LogP) is 2.13. The van der Waals surface area contributed by atoms with Crippen molar-refractivity contribution in [2.24, 2.45) is 5.92 Å². The van der Waals surface area contributed by atoms with Gasteiger partial charge in [-0.05, 0) is 55.9 Å². The van der Waals surface area contributed by atoms with Crippen LogP contribution in [-0.2, 0) is 4.79 Å². The number of nitrogens with one attached hydrogen (secondary N) is 2. The summed E-state index contributed by atoms with van der Waals surface area (Å²) in [7, 11) is 0. The highest BCUT2D eigenvalue weighted by Gasteiger charge is 2.34. The van der Waals surface area contributed by atoms with Gasteiger partial charge in [-0.15, -0.1) is 0 Å². The number of aromatic nitrogens is 3. The standard InChI is InChI=1S/C17H21N5O/c23-17(11-12-9-14-1-2-15(10-12)20-14)21-13-3-5-16(6-4-13)22-18-7-8-19-22/h3-8,12,14-15,20H,1-2,9-11H2,(H,21,23). The molecular formula is C17H21N5O. The van der Waals surface area contributed by atoms with Gasteiger partial charge in [0, 0.05) is 24.2 Å². The number of nitrogens with zero attached hydrogens (tertiary/aromatic N) is 3. The third-order valence-electron chi connectivity index (χ3n) is 4.85. The van der Waals surface area contributed by atoms with E-state index in [9.17, 15) is 4.79 Å². The van der Waals surface area contributed by atoms with Crippen molar-refractivity contribution in [3.05, 3.63) is 36.7 Å². The summed E-state index contributed by atoms with van der Waals surface area (Å²) in [6, 6.07) is 8.85. The van der Waals surface area contributed by atoms with Crippen LogP contribution in [0.2, 0.25) is 0 Å². The van der Waals surface area contributed by atoms with Crippen molar-refractivity contribution < 1.29 is 4.79 Å². The maximum Gasteiger partial charge on any atom is 0.224 e. The van der Waals surface area contributed by atoms with Gasteiger partial charge in [-0.2, -0.15) is 15.0 Å². The second-order valence-electron chi connectivity index (χ2n) is 6.59. The van der Waals surface area contributed by atoms with Crippen LogP contribution in [0.25, 0.3) is 5.69 Å². The first-order valence-electron chi connectivity index (χ1n) is 8.29. The molecule has 2 bridgehead atoms. The number of hydrogen-bond acceptors (Lipinski definition) is 4. The van der Waals surface area contributed by atoms with Crippen LogP contribution >= 0.6 is 0 Å². The minimum atomic E-state index is 0.112. The van der Waals surface area contributed by atoms with Crippen LogP contribution in [0.3, 0.4) is 0 Å². The van der Waals surface area contributed by atoms with Gasteiger partial charge in [0.25, 0.3) is 0 Å². The summed E-state index contributed by atoms with van der Waals surface area (Å²) < 4.78 is 0. The molecule has 2 aliphatic heterocycles. The zero-order valence-electron chi connectivity index (χ0n) is 13.0. The maximum atomic E-state index is 12.3. The SMILES string of the molecule is O=C(CC1CC2CCC(C1)N2)Nc1ccc(-n2nccn2)cc1. The second-order valence-corrected chi connectivity index (χ2v) is 6.59. The van der Waals surface area contributed by atoms with E-state index in [0.717, 1.165) is 24.2 Å². The Kier molecular flexibility index (Phi) is 3.83. The van der Waals surface area contributed by atoms with Crippen molar-refractivity contribution >= 4 is 11.6 Å². The molecule has 120 valence electrons. The Labute approximate surface area is 135 Å². The summed E-state index contributed by atoms with van der Waals surface area (Å²) in [5.74, 6) is 0.627. The van der Waals surface area contributed by atoms with Crippen LogP contribution < -0.4 is 10.6 Å². The number of anilines is 1. The van der Waals surface area contributed by atoms with E-state index in [-0.39, 0.29) is 5.91 Å². The molecule has 1 amide bonds. The fourth-order valence-corrected chi connectivity index (χ4v) is 3.84. The second kappa shape index (κ2) is 6.12. The number of rotatable bonds is 4. The molecule has 2 N–H and O–H groups in total. The summed E-state index contributed by atoms with van der Waals surface area (Å²) in [6.45, 7) is 0. The normalized spacial score (nSPS) is 26.2. The first-order chi connectivity index (χ1) is 11.3. The van der Waals surface area contributed by atoms with Crippen LogP contribution in [0, 0.1) is 5.92 Å². The average Bonchev–Trinajstić information content (AvgIpc) is 3.18. The van der Waals surface area contributed by atoms with E-state index in [1.165, 1.54) is 12.8 Å². The highest BCUT2D eigenvalue weighted by atomic mass is 16.1. The molecule has 0 radical (unpaired) electrons. The van der Waals surface area contributed by atoms with Crippen molar-refractivity contribution in [1.29, 1.82) is 0 Å². The molecule has 0 aliphatic carbocycles. The van der Waals surface area contributed by atoms with E-state index in [1.807, 2.05) is 24.3 Å². The molecule has 2 saturated heterocycles. The number of carbonyl (C=O) groups is 1. The van der Waals surface area contributed by atoms with Gasteiger partial charge in [0.2, 0.25) is 5.91 Å². The quantitative estimate of drug-likeness (QED) is 0.907. The summed E-state index contributed by atoms with van der Waals surface area (Å²) in [4.78, 5) is 13.8. The lowest BCUT2D eigenvalue weighted by Crippen LogP contribution is -2.39. The van der Waals surface area contributed by atoms with Crippen LogP contribution in [-0.4, -0.2) is 33.0 Å². The largest absolute Gasteiger partial charge is 0.326 e. The molecule has 1 aromatic carbocycles. The molecule has 0 spiro atoms. The molecule has 6 nitrogen and oxygen atoms in total. The van der Waals surface area contributed by atoms with Gasteiger partial charge in [0.15, 0.2) is 0 Å². The molecule has 2 fully saturated rings. The van der Waals surface area contributed by atoms with Gasteiger partial charge in [-0.25, -0.2) is 0 Å². The lowest BCUT2D eigenvalue weighted by atomic mass is 9.89. The molecule has 2 atom stereocenters. The Morgan fingerprint density at radius 1 is 1.13 bits per heavy atom. The third-order valence-corrected chi connectivity index (χ3v) is 4.85. The minimum Gasteiger partial charge on any atom is -0.326 e. The Morgan fingerprint density at radius 3 is 2.43 bits per heavy atom.